The van der Waals surface area contributed by atoms with Crippen LogP contribution in [0, 0.1) is 18.8 Å². The number of hydrogen-bond acceptors (Lipinski definition) is 5. The van der Waals surface area contributed by atoms with Gasteiger partial charge in [-0.25, -0.2) is 9.48 Å². The Balaban J connectivity index is 1.48. The van der Waals surface area contributed by atoms with Crippen LogP contribution < -0.4 is 10.1 Å². The van der Waals surface area contributed by atoms with Crippen molar-refractivity contribution >= 4 is 33.4 Å². The molecule has 29 heavy (non-hydrogen) atoms. The topological polar surface area (TPSA) is 59.4 Å². The highest BCUT2D eigenvalue weighted by Gasteiger charge is 2.30. The fraction of sp³-hybridized carbons (Fsp3) is 0.619. The number of carbonyl (C=O) groups excluding carboxylic acids is 1. The fourth-order valence-electron chi connectivity index (χ4n) is 4.28. The van der Waals surface area contributed by atoms with Gasteiger partial charge in [0.25, 0.3) is 0 Å². The third-order valence-electron chi connectivity index (χ3n) is 5.76. The van der Waals surface area contributed by atoms with Gasteiger partial charge in [0.05, 0.1) is 5.69 Å². The summed E-state index contributed by atoms with van der Waals surface area (Å²) in [5.41, 5.74) is 0.814. The van der Waals surface area contributed by atoms with Gasteiger partial charge >= 0.3 is 6.09 Å². The van der Waals surface area contributed by atoms with Gasteiger partial charge in [0.15, 0.2) is 0 Å². The molecule has 1 unspecified atom stereocenters. The number of ether oxygens (including phenoxy) is 1. The van der Waals surface area contributed by atoms with Crippen LogP contribution in [0.15, 0.2) is 22.0 Å². The van der Waals surface area contributed by atoms with Crippen molar-refractivity contribution in [3.8, 4) is 5.88 Å². The van der Waals surface area contributed by atoms with E-state index in [0.717, 1.165) is 23.0 Å². The third kappa shape index (κ3) is 5.41. The van der Waals surface area contributed by atoms with Crippen LogP contribution in [0.3, 0.4) is 0 Å². The zero-order valence-corrected chi connectivity index (χ0v) is 20.1. The molecule has 0 radical (unpaired) electrons. The molecule has 2 aromatic heterocycles. The third-order valence-corrected chi connectivity index (χ3v) is 7.62. The summed E-state index contributed by atoms with van der Waals surface area (Å²) in [6.07, 6.45) is 4.24. The molecule has 0 spiro atoms. The molecule has 0 aliphatic heterocycles. The molecule has 1 N–H and O–H groups in total. The summed E-state index contributed by atoms with van der Waals surface area (Å²) in [4.78, 5) is 16.1. The van der Waals surface area contributed by atoms with E-state index in [1.54, 1.807) is 4.68 Å². The highest BCUT2D eigenvalue weighted by molar-refractivity contribution is 9.10. The lowest BCUT2D eigenvalue weighted by Gasteiger charge is -2.36. The molecule has 0 saturated heterocycles. The quantitative estimate of drug-likeness (QED) is 0.586. The Kier molecular flexibility index (Phi) is 7.76. The second kappa shape index (κ2) is 10.1. The van der Waals surface area contributed by atoms with Crippen molar-refractivity contribution in [1.82, 2.24) is 20.0 Å². The van der Waals surface area contributed by atoms with Gasteiger partial charge in [-0.3, -0.25) is 0 Å². The number of carbonyl (C=O) groups is 1. The average Bonchev–Trinajstić information content (AvgIpc) is 3.31. The van der Waals surface area contributed by atoms with E-state index < -0.39 is 6.09 Å². The van der Waals surface area contributed by atoms with E-state index in [9.17, 15) is 4.79 Å². The standard InChI is InChI=1S/C21H31BrN4O2S/c1-5-26-20(18(22)14(2)24-26)28-21(27)23-13-15-8-10-16(11-9-15)19(25(3)4)17-7-6-12-29-17/h6-7,12,15-16,19H,5,8-11,13H2,1-4H3,(H,23,27). The van der Waals surface area contributed by atoms with E-state index in [-0.39, 0.29) is 0 Å². The summed E-state index contributed by atoms with van der Waals surface area (Å²) in [6.45, 7) is 5.17. The van der Waals surface area contributed by atoms with Crippen LogP contribution in [0.25, 0.3) is 0 Å². The lowest BCUT2D eigenvalue weighted by atomic mass is 9.77. The Hall–Kier alpha value is -1.38. The summed E-state index contributed by atoms with van der Waals surface area (Å²) < 4.78 is 7.94. The Morgan fingerprint density at radius 2 is 2.14 bits per heavy atom. The van der Waals surface area contributed by atoms with Crippen molar-refractivity contribution in [1.29, 1.82) is 0 Å². The number of halogens is 1. The van der Waals surface area contributed by atoms with E-state index in [4.69, 9.17) is 4.74 Å². The maximum absolute atomic E-state index is 12.3. The van der Waals surface area contributed by atoms with Gasteiger partial charge in [-0.2, -0.15) is 5.10 Å². The minimum absolute atomic E-state index is 0.410. The molecular weight excluding hydrogens is 452 g/mol. The monoisotopic (exact) mass is 482 g/mol. The number of thiophene rings is 1. The van der Waals surface area contributed by atoms with E-state index in [1.807, 2.05) is 25.2 Å². The Morgan fingerprint density at radius 3 is 2.72 bits per heavy atom. The van der Waals surface area contributed by atoms with E-state index in [2.05, 4.69) is 62.9 Å². The van der Waals surface area contributed by atoms with Gasteiger partial charge < -0.3 is 15.0 Å². The Morgan fingerprint density at radius 1 is 1.41 bits per heavy atom. The first-order chi connectivity index (χ1) is 13.9. The number of rotatable bonds is 7. The van der Waals surface area contributed by atoms with Crippen molar-refractivity contribution in [2.45, 2.75) is 52.1 Å². The van der Waals surface area contributed by atoms with Crippen LogP contribution in [0.5, 0.6) is 5.88 Å². The minimum atomic E-state index is -0.410. The zero-order chi connectivity index (χ0) is 21.0. The van der Waals surface area contributed by atoms with Crippen LogP contribution in [-0.2, 0) is 6.54 Å². The smallest absolute Gasteiger partial charge is 0.390 e. The second-order valence-corrected chi connectivity index (χ2v) is 9.77. The number of nitrogens with one attached hydrogen (secondary N) is 1. The van der Waals surface area contributed by atoms with Crippen molar-refractivity contribution in [2.75, 3.05) is 20.6 Å². The zero-order valence-electron chi connectivity index (χ0n) is 17.7. The van der Waals surface area contributed by atoms with E-state index in [1.165, 1.54) is 17.7 Å². The summed E-state index contributed by atoms with van der Waals surface area (Å²) in [5.74, 6) is 1.65. The average molecular weight is 483 g/mol. The van der Waals surface area contributed by atoms with Crippen molar-refractivity contribution in [3.05, 3.63) is 32.6 Å². The molecular formula is C21H31BrN4O2S. The summed E-state index contributed by atoms with van der Waals surface area (Å²) in [7, 11) is 4.35. The van der Waals surface area contributed by atoms with Crippen LogP contribution in [0.4, 0.5) is 4.79 Å². The van der Waals surface area contributed by atoms with Crippen molar-refractivity contribution < 1.29 is 9.53 Å². The lowest BCUT2D eigenvalue weighted by molar-refractivity contribution is 0.148. The molecule has 1 atom stereocenters. The molecule has 1 aliphatic rings. The van der Waals surface area contributed by atoms with Crippen molar-refractivity contribution in [3.63, 3.8) is 0 Å². The largest absolute Gasteiger partial charge is 0.413 e. The molecule has 1 amide bonds. The van der Waals surface area contributed by atoms with Gasteiger partial charge in [-0.15, -0.1) is 11.3 Å². The summed E-state index contributed by atoms with van der Waals surface area (Å²) >= 11 is 5.30. The first kappa shape index (κ1) is 22.3. The molecule has 2 heterocycles. The first-order valence-electron chi connectivity index (χ1n) is 10.3. The van der Waals surface area contributed by atoms with Crippen molar-refractivity contribution in [2.24, 2.45) is 11.8 Å². The number of hydrogen-bond donors (Lipinski definition) is 1. The van der Waals surface area contributed by atoms with Gasteiger partial charge in [0.1, 0.15) is 4.47 Å². The van der Waals surface area contributed by atoms with E-state index >= 15 is 0 Å². The molecule has 0 bridgehead atoms. The maximum Gasteiger partial charge on any atom is 0.413 e. The van der Waals surface area contributed by atoms with Crippen LogP contribution in [0.2, 0.25) is 0 Å². The van der Waals surface area contributed by atoms with Crippen LogP contribution in [-0.4, -0.2) is 41.4 Å². The number of nitrogens with zero attached hydrogens (tertiary/aromatic N) is 3. The molecule has 6 nitrogen and oxygen atoms in total. The number of aromatic nitrogens is 2. The SMILES string of the molecule is CCn1nc(C)c(Br)c1OC(=O)NCC1CCC(C(c2cccs2)N(C)C)CC1. The first-order valence-corrected chi connectivity index (χ1v) is 12.0. The predicted octanol–water partition coefficient (Wildman–Crippen LogP) is 5.23. The lowest BCUT2D eigenvalue weighted by Crippen LogP contribution is -2.35. The molecule has 8 heteroatoms. The highest BCUT2D eigenvalue weighted by Crippen LogP contribution is 2.40. The van der Waals surface area contributed by atoms with Crippen LogP contribution in [0.1, 0.15) is 49.2 Å². The Bertz CT molecular complexity index is 798. The number of amides is 1. The Labute approximate surface area is 185 Å². The number of aryl methyl sites for hydroxylation is 2. The van der Waals surface area contributed by atoms with Gasteiger partial charge in [-0.05, 0) is 92.8 Å². The van der Waals surface area contributed by atoms with Gasteiger partial charge in [-0.1, -0.05) is 6.07 Å². The molecule has 1 fully saturated rings. The molecule has 3 rings (SSSR count). The second-order valence-electron chi connectivity index (χ2n) is 8.00. The predicted molar refractivity (Wildman–Crippen MR) is 121 cm³/mol. The molecule has 2 aromatic rings. The fourth-order valence-corrected chi connectivity index (χ4v) is 5.66. The molecule has 1 saturated carbocycles. The van der Waals surface area contributed by atoms with Gasteiger partial charge in [0.2, 0.25) is 5.88 Å². The summed E-state index contributed by atoms with van der Waals surface area (Å²) in [5, 5.41) is 9.47. The maximum atomic E-state index is 12.3. The molecule has 0 aromatic carbocycles. The summed E-state index contributed by atoms with van der Waals surface area (Å²) in [6, 6.07) is 4.88. The normalized spacial score (nSPS) is 20.6. The highest BCUT2D eigenvalue weighted by atomic mass is 79.9. The molecule has 1 aliphatic carbocycles. The minimum Gasteiger partial charge on any atom is -0.390 e. The molecule has 160 valence electrons. The van der Waals surface area contributed by atoms with Crippen LogP contribution >= 0.6 is 27.3 Å². The van der Waals surface area contributed by atoms with E-state index in [0.29, 0.717) is 36.8 Å². The van der Waals surface area contributed by atoms with Gasteiger partial charge in [0, 0.05) is 24.0 Å².